The van der Waals surface area contributed by atoms with Crippen LogP contribution in [0.25, 0.3) is 0 Å². The summed E-state index contributed by atoms with van der Waals surface area (Å²) in [5.74, 6) is 1.57. The molecule has 1 nitrogen and oxygen atoms in total. The Kier molecular flexibility index (Phi) is 6.51. The largest absolute Gasteiger partial charge is 0.313 e. The minimum absolute atomic E-state index is 0.0344. The molecule has 1 heteroatoms. The zero-order chi connectivity index (χ0) is 21.1. The maximum atomic E-state index is 3.85. The molecule has 3 aliphatic rings. The number of hydrogen-bond donors (Lipinski definition) is 1. The highest BCUT2D eigenvalue weighted by Crippen LogP contribution is 2.41. The lowest BCUT2D eigenvalue weighted by Crippen LogP contribution is -2.44. The van der Waals surface area contributed by atoms with Gasteiger partial charge in [-0.3, -0.25) is 0 Å². The van der Waals surface area contributed by atoms with Crippen LogP contribution in [0.5, 0.6) is 0 Å². The first-order valence-electron chi connectivity index (χ1n) is 13.2. The van der Waals surface area contributed by atoms with E-state index in [9.17, 15) is 0 Å². The van der Waals surface area contributed by atoms with E-state index in [-0.39, 0.29) is 5.41 Å². The van der Waals surface area contributed by atoms with Crippen molar-refractivity contribution in [3.8, 4) is 0 Å². The molecule has 1 aliphatic heterocycles. The highest BCUT2D eigenvalue weighted by molar-refractivity contribution is 5.44. The van der Waals surface area contributed by atoms with Crippen molar-refractivity contribution in [1.29, 1.82) is 0 Å². The average molecular weight is 416 g/mol. The van der Waals surface area contributed by atoms with Crippen LogP contribution in [0.2, 0.25) is 0 Å². The summed E-state index contributed by atoms with van der Waals surface area (Å²) in [5, 5.41) is 3.85. The van der Waals surface area contributed by atoms with Crippen LogP contribution in [-0.4, -0.2) is 12.6 Å². The van der Waals surface area contributed by atoms with Gasteiger partial charge in [0.05, 0.1) is 0 Å². The molecule has 1 heterocycles. The van der Waals surface area contributed by atoms with Gasteiger partial charge in [0.25, 0.3) is 0 Å². The standard InChI is InChI=1S/C30H41N/c1-30(29-13-8-22-31-29,27-18-14-25(15-19-27)23-9-4-2-5-10-23)28-20-16-26(17-21-28)24-11-6-3-7-12-24/h14-21,23-24,29,31H,2-13,22H2,1H3/t29-/m0/s1. The molecule has 1 N–H and O–H groups in total. The van der Waals surface area contributed by atoms with Crippen LogP contribution in [0.15, 0.2) is 48.5 Å². The maximum absolute atomic E-state index is 3.85. The fraction of sp³-hybridized carbons (Fsp3) is 0.600. The molecule has 0 aromatic heterocycles. The molecule has 0 radical (unpaired) electrons. The molecule has 5 rings (SSSR count). The molecular formula is C30H41N. The normalized spacial score (nSPS) is 23.8. The molecular weight excluding hydrogens is 374 g/mol. The summed E-state index contributed by atoms with van der Waals surface area (Å²) < 4.78 is 0. The van der Waals surface area contributed by atoms with Gasteiger partial charge in [-0.2, -0.15) is 0 Å². The lowest BCUT2D eigenvalue weighted by atomic mass is 9.69. The van der Waals surface area contributed by atoms with E-state index in [0.29, 0.717) is 6.04 Å². The summed E-state index contributed by atoms with van der Waals surface area (Å²) in [6.45, 7) is 3.64. The van der Waals surface area contributed by atoms with Gasteiger partial charge in [0.15, 0.2) is 0 Å². The van der Waals surface area contributed by atoms with E-state index in [4.69, 9.17) is 0 Å². The molecule has 0 amide bonds. The molecule has 1 saturated heterocycles. The van der Waals surface area contributed by atoms with E-state index < -0.39 is 0 Å². The second-order valence-corrected chi connectivity index (χ2v) is 10.8. The minimum Gasteiger partial charge on any atom is -0.313 e. The first-order valence-corrected chi connectivity index (χ1v) is 13.2. The molecule has 166 valence electrons. The van der Waals surface area contributed by atoms with Gasteiger partial charge < -0.3 is 5.32 Å². The van der Waals surface area contributed by atoms with E-state index >= 15 is 0 Å². The number of rotatable bonds is 5. The highest BCUT2D eigenvalue weighted by Gasteiger charge is 2.39. The zero-order valence-corrected chi connectivity index (χ0v) is 19.5. The van der Waals surface area contributed by atoms with Crippen molar-refractivity contribution in [3.63, 3.8) is 0 Å². The molecule has 0 unspecified atom stereocenters. The fourth-order valence-corrected chi connectivity index (χ4v) is 6.82. The summed E-state index contributed by atoms with van der Waals surface area (Å²) in [7, 11) is 0. The Morgan fingerprint density at radius 1 is 0.581 bits per heavy atom. The number of benzene rings is 2. The fourth-order valence-electron chi connectivity index (χ4n) is 6.82. The predicted molar refractivity (Wildman–Crippen MR) is 132 cm³/mol. The predicted octanol–water partition coefficient (Wildman–Crippen LogP) is 7.84. The first-order chi connectivity index (χ1) is 15.2. The van der Waals surface area contributed by atoms with E-state index in [0.717, 1.165) is 18.4 Å². The summed E-state index contributed by atoms with van der Waals surface area (Å²) in [6, 6.07) is 20.2. The zero-order valence-electron chi connectivity index (χ0n) is 19.5. The minimum atomic E-state index is 0.0344. The molecule has 2 aliphatic carbocycles. The lowest BCUT2D eigenvalue weighted by Gasteiger charge is -2.38. The number of nitrogens with one attached hydrogen (secondary N) is 1. The third-order valence-electron chi connectivity index (χ3n) is 8.93. The van der Waals surface area contributed by atoms with Crippen molar-refractivity contribution in [3.05, 3.63) is 70.8 Å². The highest BCUT2D eigenvalue weighted by atomic mass is 15.0. The van der Waals surface area contributed by atoms with Crippen molar-refractivity contribution in [2.75, 3.05) is 6.54 Å². The summed E-state index contributed by atoms with van der Waals surface area (Å²) in [4.78, 5) is 0. The van der Waals surface area contributed by atoms with Gasteiger partial charge in [-0.05, 0) is 86.1 Å². The van der Waals surface area contributed by atoms with Crippen molar-refractivity contribution >= 4 is 0 Å². The quantitative estimate of drug-likeness (QED) is 0.524. The Balaban J connectivity index is 1.43. The van der Waals surface area contributed by atoms with Crippen LogP contribution in [0.3, 0.4) is 0 Å². The van der Waals surface area contributed by atoms with Crippen LogP contribution in [0, 0.1) is 0 Å². The van der Waals surface area contributed by atoms with Crippen molar-refractivity contribution in [2.45, 2.75) is 107 Å². The smallest absolute Gasteiger partial charge is 0.0327 e. The van der Waals surface area contributed by atoms with Crippen molar-refractivity contribution in [2.24, 2.45) is 0 Å². The van der Waals surface area contributed by atoms with Gasteiger partial charge in [0.2, 0.25) is 0 Å². The first kappa shape index (κ1) is 21.3. The Morgan fingerprint density at radius 2 is 1.03 bits per heavy atom. The van der Waals surface area contributed by atoms with Gasteiger partial charge >= 0.3 is 0 Å². The molecule has 2 aromatic carbocycles. The van der Waals surface area contributed by atoms with Crippen LogP contribution >= 0.6 is 0 Å². The van der Waals surface area contributed by atoms with E-state index in [1.54, 1.807) is 11.1 Å². The molecule has 3 fully saturated rings. The monoisotopic (exact) mass is 415 g/mol. The van der Waals surface area contributed by atoms with Crippen LogP contribution < -0.4 is 5.32 Å². The Hall–Kier alpha value is -1.60. The van der Waals surface area contributed by atoms with Crippen LogP contribution in [-0.2, 0) is 5.41 Å². The SMILES string of the molecule is CC(c1ccc(C2CCCCC2)cc1)(c1ccc(C2CCCCC2)cc1)[C@@H]1CCCN1. The molecule has 1 atom stereocenters. The van der Waals surface area contributed by atoms with E-state index in [2.05, 4.69) is 60.8 Å². The molecule has 0 spiro atoms. The van der Waals surface area contributed by atoms with E-state index in [1.807, 2.05) is 0 Å². The molecule has 2 aromatic rings. The molecule has 31 heavy (non-hydrogen) atoms. The van der Waals surface area contributed by atoms with Crippen molar-refractivity contribution in [1.82, 2.24) is 5.32 Å². The average Bonchev–Trinajstić information content (AvgIpc) is 3.41. The third kappa shape index (κ3) is 4.36. The molecule has 0 bridgehead atoms. The van der Waals surface area contributed by atoms with Gasteiger partial charge in [0.1, 0.15) is 0 Å². The maximum Gasteiger partial charge on any atom is 0.0327 e. The van der Waals surface area contributed by atoms with Gasteiger partial charge in [-0.15, -0.1) is 0 Å². The lowest BCUT2D eigenvalue weighted by molar-refractivity contribution is 0.405. The Bertz CT molecular complexity index is 754. The topological polar surface area (TPSA) is 12.0 Å². The summed E-state index contributed by atoms with van der Waals surface area (Å²) in [5.41, 5.74) is 6.14. The summed E-state index contributed by atoms with van der Waals surface area (Å²) >= 11 is 0. The Morgan fingerprint density at radius 3 is 1.42 bits per heavy atom. The van der Waals surface area contributed by atoms with Crippen LogP contribution in [0.1, 0.15) is 118 Å². The van der Waals surface area contributed by atoms with E-state index in [1.165, 1.54) is 88.2 Å². The molecule has 2 saturated carbocycles. The number of hydrogen-bond acceptors (Lipinski definition) is 1. The van der Waals surface area contributed by atoms with Gasteiger partial charge in [0, 0.05) is 11.5 Å². The van der Waals surface area contributed by atoms with Crippen molar-refractivity contribution < 1.29 is 0 Å². The van der Waals surface area contributed by atoms with Gasteiger partial charge in [-0.25, -0.2) is 0 Å². The Labute approximate surface area is 190 Å². The van der Waals surface area contributed by atoms with Gasteiger partial charge in [-0.1, -0.05) is 87.1 Å². The van der Waals surface area contributed by atoms with Crippen LogP contribution in [0.4, 0.5) is 0 Å². The second-order valence-electron chi connectivity index (χ2n) is 10.8. The summed E-state index contributed by atoms with van der Waals surface area (Å²) in [6.07, 6.45) is 16.6. The second kappa shape index (κ2) is 9.49. The third-order valence-corrected chi connectivity index (χ3v) is 8.93.